The van der Waals surface area contributed by atoms with Crippen molar-refractivity contribution in [2.45, 2.75) is 78.4 Å². The van der Waals surface area contributed by atoms with Crippen LogP contribution in [-0.4, -0.2) is 49.3 Å². The van der Waals surface area contributed by atoms with Crippen LogP contribution in [0.1, 0.15) is 67.2 Å². The molecule has 1 aliphatic heterocycles. The van der Waals surface area contributed by atoms with Gasteiger partial charge in [0.1, 0.15) is 0 Å². The standard InChI is InChI=1S/C18H38N2O/c1-8-10-17(5,13-19-16(2,3)4)14-20-12-9-11-18(6,15-20)21-7/h19H,8-15H2,1-7H3. The van der Waals surface area contributed by atoms with Gasteiger partial charge in [0.05, 0.1) is 5.60 Å². The number of ether oxygens (including phenoxy) is 1. The SMILES string of the molecule is CCCC(C)(CNC(C)(C)C)CN1CCCC(C)(OC)C1. The van der Waals surface area contributed by atoms with Gasteiger partial charge in [-0.3, -0.25) is 4.90 Å². The zero-order valence-electron chi connectivity index (χ0n) is 15.5. The van der Waals surface area contributed by atoms with E-state index in [1.54, 1.807) is 0 Å². The molecule has 0 aromatic carbocycles. The molecule has 0 radical (unpaired) electrons. The summed E-state index contributed by atoms with van der Waals surface area (Å²) in [4.78, 5) is 2.62. The van der Waals surface area contributed by atoms with Crippen molar-refractivity contribution in [2.75, 3.05) is 33.3 Å². The predicted molar refractivity (Wildman–Crippen MR) is 91.9 cm³/mol. The van der Waals surface area contributed by atoms with Gasteiger partial charge in [-0.25, -0.2) is 0 Å². The summed E-state index contributed by atoms with van der Waals surface area (Å²) in [5, 5.41) is 3.71. The summed E-state index contributed by atoms with van der Waals surface area (Å²) >= 11 is 0. The van der Waals surface area contributed by atoms with Gasteiger partial charge in [0.2, 0.25) is 0 Å². The van der Waals surface area contributed by atoms with E-state index >= 15 is 0 Å². The lowest BCUT2D eigenvalue weighted by atomic mass is 9.82. The Bertz CT molecular complexity index is 313. The quantitative estimate of drug-likeness (QED) is 0.776. The summed E-state index contributed by atoms with van der Waals surface area (Å²) in [5.41, 5.74) is 0.578. The highest BCUT2D eigenvalue weighted by atomic mass is 16.5. The zero-order chi connectivity index (χ0) is 16.1. The van der Waals surface area contributed by atoms with Crippen LogP contribution in [-0.2, 0) is 4.74 Å². The summed E-state index contributed by atoms with van der Waals surface area (Å²) in [6, 6.07) is 0. The number of nitrogens with one attached hydrogen (secondary N) is 1. The Kier molecular flexibility index (Phi) is 6.70. The van der Waals surface area contributed by atoms with E-state index in [1.165, 1.54) is 38.8 Å². The molecule has 2 unspecified atom stereocenters. The minimum atomic E-state index is 0.0445. The molecule has 1 N–H and O–H groups in total. The molecule has 0 aromatic heterocycles. The van der Waals surface area contributed by atoms with Gasteiger partial charge in [0, 0.05) is 32.3 Å². The fraction of sp³-hybridized carbons (Fsp3) is 1.00. The second-order valence-electron chi connectivity index (χ2n) is 8.63. The molecule has 3 heteroatoms. The van der Waals surface area contributed by atoms with Crippen molar-refractivity contribution < 1.29 is 4.74 Å². The molecule has 3 nitrogen and oxygen atoms in total. The largest absolute Gasteiger partial charge is 0.377 e. The Balaban J connectivity index is 2.64. The summed E-state index contributed by atoms with van der Waals surface area (Å²) in [7, 11) is 1.86. The van der Waals surface area contributed by atoms with Crippen molar-refractivity contribution in [2.24, 2.45) is 5.41 Å². The average molecular weight is 299 g/mol. The smallest absolute Gasteiger partial charge is 0.0777 e. The molecule has 1 heterocycles. The maximum absolute atomic E-state index is 5.74. The molecule has 0 saturated carbocycles. The lowest BCUT2D eigenvalue weighted by molar-refractivity contribution is -0.0591. The fourth-order valence-electron chi connectivity index (χ4n) is 3.45. The molecule has 0 aliphatic carbocycles. The molecule has 0 bridgehead atoms. The van der Waals surface area contributed by atoms with E-state index in [0.29, 0.717) is 5.41 Å². The lowest BCUT2D eigenvalue weighted by Crippen LogP contribution is -2.53. The third kappa shape index (κ3) is 6.66. The van der Waals surface area contributed by atoms with E-state index in [2.05, 4.69) is 51.8 Å². The van der Waals surface area contributed by atoms with Crippen LogP contribution < -0.4 is 5.32 Å². The maximum Gasteiger partial charge on any atom is 0.0777 e. The predicted octanol–water partition coefficient (Wildman–Crippen LogP) is 3.68. The lowest BCUT2D eigenvalue weighted by Gasteiger charge is -2.44. The summed E-state index contributed by atoms with van der Waals surface area (Å²) in [5.74, 6) is 0. The van der Waals surface area contributed by atoms with Crippen molar-refractivity contribution in [1.29, 1.82) is 0 Å². The highest BCUT2D eigenvalue weighted by Crippen LogP contribution is 2.30. The van der Waals surface area contributed by atoms with Crippen LogP contribution in [0, 0.1) is 5.41 Å². The first-order chi connectivity index (χ1) is 9.61. The third-order valence-corrected chi connectivity index (χ3v) is 4.74. The van der Waals surface area contributed by atoms with Crippen molar-refractivity contribution in [3.63, 3.8) is 0 Å². The molecule has 0 aromatic rings. The van der Waals surface area contributed by atoms with Crippen LogP contribution in [0.3, 0.4) is 0 Å². The second-order valence-corrected chi connectivity index (χ2v) is 8.63. The molecule has 1 saturated heterocycles. The Morgan fingerprint density at radius 3 is 2.43 bits per heavy atom. The van der Waals surface area contributed by atoms with E-state index in [0.717, 1.165) is 13.1 Å². The average Bonchev–Trinajstić information content (AvgIpc) is 2.36. The van der Waals surface area contributed by atoms with Crippen LogP contribution in [0.2, 0.25) is 0 Å². The van der Waals surface area contributed by atoms with E-state index in [4.69, 9.17) is 4.74 Å². The van der Waals surface area contributed by atoms with Crippen LogP contribution >= 0.6 is 0 Å². The highest BCUT2D eigenvalue weighted by molar-refractivity contribution is 4.89. The number of nitrogens with zero attached hydrogens (tertiary/aromatic N) is 1. The summed E-state index contributed by atoms with van der Waals surface area (Å²) < 4.78 is 5.74. The van der Waals surface area contributed by atoms with Gasteiger partial charge in [-0.05, 0) is 58.9 Å². The normalized spacial score (nSPS) is 27.6. The molecule has 1 rings (SSSR count). The minimum Gasteiger partial charge on any atom is -0.377 e. The highest BCUT2D eigenvalue weighted by Gasteiger charge is 2.34. The number of hydrogen-bond donors (Lipinski definition) is 1. The maximum atomic E-state index is 5.74. The van der Waals surface area contributed by atoms with Gasteiger partial charge in [0.15, 0.2) is 0 Å². The van der Waals surface area contributed by atoms with Crippen LogP contribution in [0.15, 0.2) is 0 Å². The monoisotopic (exact) mass is 298 g/mol. The summed E-state index contributed by atoms with van der Waals surface area (Å²) in [6.07, 6.45) is 4.96. The minimum absolute atomic E-state index is 0.0445. The van der Waals surface area contributed by atoms with E-state index < -0.39 is 0 Å². The molecule has 0 spiro atoms. The molecular weight excluding hydrogens is 260 g/mol. The number of rotatable bonds is 7. The third-order valence-electron chi connectivity index (χ3n) is 4.74. The molecule has 21 heavy (non-hydrogen) atoms. The van der Waals surface area contributed by atoms with Gasteiger partial charge in [-0.15, -0.1) is 0 Å². The Hall–Kier alpha value is -0.120. The van der Waals surface area contributed by atoms with Crippen molar-refractivity contribution in [3.05, 3.63) is 0 Å². The van der Waals surface area contributed by atoms with E-state index in [1.807, 2.05) is 7.11 Å². The fourth-order valence-corrected chi connectivity index (χ4v) is 3.45. The van der Waals surface area contributed by atoms with E-state index in [-0.39, 0.29) is 11.1 Å². The van der Waals surface area contributed by atoms with Gasteiger partial charge in [-0.2, -0.15) is 0 Å². The van der Waals surface area contributed by atoms with Gasteiger partial charge >= 0.3 is 0 Å². The first-order valence-corrected chi connectivity index (χ1v) is 8.64. The first kappa shape index (κ1) is 18.9. The molecule has 2 atom stereocenters. The number of piperidine rings is 1. The number of likely N-dealkylation sites (tertiary alicyclic amines) is 1. The molecule has 0 amide bonds. The van der Waals surface area contributed by atoms with Crippen LogP contribution in [0.25, 0.3) is 0 Å². The zero-order valence-corrected chi connectivity index (χ0v) is 15.5. The van der Waals surface area contributed by atoms with Crippen LogP contribution in [0.4, 0.5) is 0 Å². The van der Waals surface area contributed by atoms with Gasteiger partial charge in [-0.1, -0.05) is 20.3 Å². The van der Waals surface area contributed by atoms with Crippen molar-refractivity contribution >= 4 is 0 Å². The first-order valence-electron chi connectivity index (χ1n) is 8.64. The van der Waals surface area contributed by atoms with Gasteiger partial charge in [0.25, 0.3) is 0 Å². The number of methoxy groups -OCH3 is 1. The van der Waals surface area contributed by atoms with E-state index in [9.17, 15) is 0 Å². The Labute approximate surface area is 132 Å². The van der Waals surface area contributed by atoms with Crippen LogP contribution in [0.5, 0.6) is 0 Å². The molecule has 1 aliphatic rings. The molecule has 126 valence electrons. The van der Waals surface area contributed by atoms with Crippen molar-refractivity contribution in [1.82, 2.24) is 10.2 Å². The molecule has 1 fully saturated rings. The van der Waals surface area contributed by atoms with Gasteiger partial charge < -0.3 is 10.1 Å². The summed E-state index contributed by atoms with van der Waals surface area (Å²) in [6.45, 7) is 18.3. The number of hydrogen-bond acceptors (Lipinski definition) is 3. The molecular formula is C18H38N2O. The second kappa shape index (κ2) is 7.43. The topological polar surface area (TPSA) is 24.5 Å². The Morgan fingerprint density at radius 2 is 1.90 bits per heavy atom. The Morgan fingerprint density at radius 1 is 1.24 bits per heavy atom. The van der Waals surface area contributed by atoms with Crippen molar-refractivity contribution in [3.8, 4) is 0 Å².